The van der Waals surface area contributed by atoms with Crippen molar-refractivity contribution in [1.82, 2.24) is 9.97 Å². The van der Waals surface area contributed by atoms with Gasteiger partial charge in [-0.2, -0.15) is 0 Å². The second-order valence-corrected chi connectivity index (χ2v) is 7.09. The van der Waals surface area contributed by atoms with Crippen LogP contribution in [-0.2, 0) is 4.79 Å². The number of H-pyrrole nitrogens is 1. The van der Waals surface area contributed by atoms with Crippen LogP contribution in [0, 0.1) is 11.7 Å². The van der Waals surface area contributed by atoms with Crippen molar-refractivity contribution in [2.45, 2.75) is 18.9 Å². The van der Waals surface area contributed by atoms with Gasteiger partial charge in [0.15, 0.2) is 0 Å². The number of halogens is 1. The number of hydrogen-bond donors (Lipinski definition) is 2. The summed E-state index contributed by atoms with van der Waals surface area (Å²) >= 11 is 0. The predicted octanol–water partition coefficient (Wildman–Crippen LogP) is 3.62. The number of ether oxygens (including phenoxy) is 1. The highest BCUT2D eigenvalue weighted by Crippen LogP contribution is 2.39. The average Bonchev–Trinajstić information content (AvgIpc) is 3.44. The van der Waals surface area contributed by atoms with E-state index >= 15 is 0 Å². The number of methoxy groups -OCH3 is 1. The van der Waals surface area contributed by atoms with Crippen molar-refractivity contribution < 1.29 is 18.7 Å². The van der Waals surface area contributed by atoms with Crippen LogP contribution < -0.4 is 15.0 Å². The number of rotatable bonds is 7. The Morgan fingerprint density at radius 1 is 1.20 bits per heavy atom. The molecule has 0 aliphatic heterocycles. The molecule has 0 saturated heterocycles. The van der Waals surface area contributed by atoms with Crippen LogP contribution in [0.25, 0.3) is 0 Å². The molecular weight excluding hydrogens is 387 g/mol. The minimum absolute atomic E-state index is 0.0545. The Hall–Kier alpha value is -3.68. The van der Waals surface area contributed by atoms with Crippen molar-refractivity contribution in [2.24, 2.45) is 5.92 Å². The molecule has 0 spiro atoms. The van der Waals surface area contributed by atoms with E-state index in [-0.39, 0.29) is 23.2 Å². The van der Waals surface area contributed by atoms with Crippen LogP contribution >= 0.6 is 0 Å². The summed E-state index contributed by atoms with van der Waals surface area (Å²) in [6.07, 6.45) is 4.29. The topological polar surface area (TPSA) is 87.3 Å². The molecule has 1 aliphatic rings. The van der Waals surface area contributed by atoms with Crippen LogP contribution in [0.5, 0.6) is 5.75 Å². The summed E-state index contributed by atoms with van der Waals surface area (Å²) in [4.78, 5) is 34.4. The zero-order valence-corrected chi connectivity index (χ0v) is 16.3. The number of aromatic amines is 1. The fourth-order valence-electron chi connectivity index (χ4n) is 3.38. The smallest absolute Gasteiger partial charge is 0.277 e. The highest BCUT2D eigenvalue weighted by molar-refractivity contribution is 6.11. The zero-order valence-electron chi connectivity index (χ0n) is 16.3. The molecule has 1 atom stereocenters. The number of carbonyl (C=O) groups is 2. The minimum atomic E-state index is -0.861. The second kappa shape index (κ2) is 8.36. The van der Waals surface area contributed by atoms with Crippen LogP contribution in [0.2, 0.25) is 0 Å². The van der Waals surface area contributed by atoms with E-state index < -0.39 is 17.8 Å². The van der Waals surface area contributed by atoms with Crippen molar-refractivity contribution in [2.75, 3.05) is 17.3 Å². The van der Waals surface area contributed by atoms with Gasteiger partial charge in [-0.25, -0.2) is 9.37 Å². The van der Waals surface area contributed by atoms with Gasteiger partial charge in [0.2, 0.25) is 5.91 Å². The molecule has 0 bridgehead atoms. The number of nitrogens with zero attached hydrogens (tertiary/aromatic N) is 2. The number of aromatic nitrogens is 2. The Morgan fingerprint density at radius 2 is 1.93 bits per heavy atom. The summed E-state index contributed by atoms with van der Waals surface area (Å²) in [7, 11) is 1.56. The third kappa shape index (κ3) is 4.03. The minimum Gasteiger partial charge on any atom is -0.497 e. The van der Waals surface area contributed by atoms with Crippen LogP contribution in [0.15, 0.2) is 61.1 Å². The second-order valence-electron chi connectivity index (χ2n) is 7.09. The lowest BCUT2D eigenvalue weighted by Crippen LogP contribution is -2.49. The maximum Gasteiger partial charge on any atom is 0.277 e. The molecule has 0 radical (unpaired) electrons. The molecule has 3 aromatic rings. The van der Waals surface area contributed by atoms with E-state index in [4.69, 9.17) is 4.74 Å². The van der Waals surface area contributed by atoms with Crippen molar-refractivity contribution in [3.05, 3.63) is 72.6 Å². The summed E-state index contributed by atoms with van der Waals surface area (Å²) in [5.41, 5.74) is 0.800. The fraction of sp³-hybridized carbons (Fsp3) is 0.227. The largest absolute Gasteiger partial charge is 0.497 e. The standard InChI is InChI=1S/C22H21FN4O3/c1-30-16-10-8-15(9-11-16)26-21(28)20(14-6-7-14)27(19-5-3-2-4-17(19)23)22(29)18-12-24-13-25-18/h2-5,8-14,20H,6-7H2,1H3,(H,24,25)(H,26,28). The number of benzene rings is 2. The van der Waals surface area contributed by atoms with E-state index in [0.717, 1.165) is 12.8 Å². The average molecular weight is 408 g/mol. The fourth-order valence-corrected chi connectivity index (χ4v) is 3.38. The first kappa shape index (κ1) is 19.6. The number of para-hydroxylation sites is 1. The SMILES string of the molecule is COc1ccc(NC(=O)C(C2CC2)N(C(=O)c2cnc[nH]2)c2ccccc2F)cc1. The van der Waals surface area contributed by atoms with E-state index in [2.05, 4.69) is 15.3 Å². The number of imidazole rings is 1. The van der Waals surface area contributed by atoms with Crippen molar-refractivity contribution in [1.29, 1.82) is 0 Å². The van der Waals surface area contributed by atoms with Crippen LogP contribution in [-0.4, -0.2) is 34.9 Å². The molecule has 2 amide bonds. The first-order chi connectivity index (χ1) is 14.6. The number of amides is 2. The van der Waals surface area contributed by atoms with Gasteiger partial charge in [0, 0.05) is 5.69 Å². The monoisotopic (exact) mass is 408 g/mol. The van der Waals surface area contributed by atoms with Crippen molar-refractivity contribution in [3.8, 4) is 5.75 Å². The normalized spacial score (nSPS) is 14.1. The lowest BCUT2D eigenvalue weighted by molar-refractivity contribution is -0.117. The molecule has 2 aromatic carbocycles. The molecule has 4 rings (SSSR count). The van der Waals surface area contributed by atoms with Crippen molar-refractivity contribution >= 4 is 23.2 Å². The molecule has 30 heavy (non-hydrogen) atoms. The molecule has 1 heterocycles. The molecule has 1 fully saturated rings. The molecule has 8 heteroatoms. The number of anilines is 2. The summed E-state index contributed by atoms with van der Waals surface area (Å²) in [5, 5.41) is 2.85. The molecule has 154 valence electrons. The van der Waals surface area contributed by atoms with Gasteiger partial charge >= 0.3 is 0 Å². The maximum absolute atomic E-state index is 14.7. The molecule has 1 unspecified atom stereocenters. The predicted molar refractivity (Wildman–Crippen MR) is 110 cm³/mol. The Bertz CT molecular complexity index is 1030. The zero-order chi connectivity index (χ0) is 21.1. The van der Waals surface area contributed by atoms with Crippen LogP contribution in [0.1, 0.15) is 23.3 Å². The number of nitrogens with one attached hydrogen (secondary N) is 2. The van der Waals surface area contributed by atoms with E-state index in [1.807, 2.05) is 0 Å². The van der Waals surface area contributed by atoms with Gasteiger partial charge in [-0.3, -0.25) is 14.5 Å². The molecular formula is C22H21FN4O3. The third-order valence-corrected chi connectivity index (χ3v) is 5.03. The van der Waals surface area contributed by atoms with Gasteiger partial charge in [-0.05, 0) is 55.2 Å². The molecule has 2 N–H and O–H groups in total. The molecule has 1 aliphatic carbocycles. The van der Waals surface area contributed by atoms with E-state index in [0.29, 0.717) is 11.4 Å². The van der Waals surface area contributed by atoms with Gasteiger partial charge in [0.25, 0.3) is 5.91 Å². The quantitative estimate of drug-likeness (QED) is 0.625. The number of hydrogen-bond acceptors (Lipinski definition) is 4. The summed E-state index contributed by atoms with van der Waals surface area (Å²) in [6.45, 7) is 0. The first-order valence-electron chi connectivity index (χ1n) is 9.60. The highest BCUT2D eigenvalue weighted by atomic mass is 19.1. The van der Waals surface area contributed by atoms with E-state index in [1.54, 1.807) is 43.5 Å². The van der Waals surface area contributed by atoms with E-state index in [9.17, 15) is 14.0 Å². The Kier molecular flexibility index (Phi) is 5.47. The molecule has 1 saturated carbocycles. The van der Waals surface area contributed by atoms with Gasteiger partial charge in [0.05, 0.1) is 25.3 Å². The Labute approximate surface area is 172 Å². The first-order valence-corrected chi connectivity index (χ1v) is 9.60. The van der Waals surface area contributed by atoms with Gasteiger partial charge in [0.1, 0.15) is 23.3 Å². The lowest BCUT2D eigenvalue weighted by atomic mass is 10.1. The Morgan fingerprint density at radius 3 is 2.53 bits per heavy atom. The van der Waals surface area contributed by atoms with Gasteiger partial charge < -0.3 is 15.0 Å². The van der Waals surface area contributed by atoms with Crippen LogP contribution in [0.4, 0.5) is 15.8 Å². The highest BCUT2D eigenvalue weighted by Gasteiger charge is 2.44. The van der Waals surface area contributed by atoms with Crippen LogP contribution in [0.3, 0.4) is 0 Å². The van der Waals surface area contributed by atoms with E-state index in [1.165, 1.54) is 29.6 Å². The Balaban J connectivity index is 1.69. The number of carbonyl (C=O) groups excluding carboxylic acids is 2. The molecule has 7 nitrogen and oxygen atoms in total. The third-order valence-electron chi connectivity index (χ3n) is 5.03. The van der Waals surface area contributed by atoms with Gasteiger partial charge in [-0.15, -0.1) is 0 Å². The summed E-state index contributed by atoms with van der Waals surface area (Å²) in [5.74, 6) is -0.865. The lowest BCUT2D eigenvalue weighted by Gasteiger charge is -2.31. The van der Waals surface area contributed by atoms with Crippen molar-refractivity contribution in [3.63, 3.8) is 0 Å². The van der Waals surface area contributed by atoms with Gasteiger partial charge in [-0.1, -0.05) is 12.1 Å². The summed E-state index contributed by atoms with van der Waals surface area (Å²) < 4.78 is 19.8. The summed E-state index contributed by atoms with van der Waals surface area (Å²) in [6, 6.07) is 12.0. The maximum atomic E-state index is 14.7. The molecule has 1 aromatic heterocycles.